The van der Waals surface area contributed by atoms with Gasteiger partial charge in [0, 0.05) is 13.0 Å². The number of para-hydroxylation sites is 1. The van der Waals surface area contributed by atoms with Crippen LogP contribution in [-0.4, -0.2) is 41.3 Å². The average molecular weight is 358 g/mol. The van der Waals surface area contributed by atoms with Crippen LogP contribution in [0.3, 0.4) is 0 Å². The van der Waals surface area contributed by atoms with Crippen molar-refractivity contribution in [1.82, 2.24) is 5.32 Å². The Balaban J connectivity index is 2.58. The summed E-state index contributed by atoms with van der Waals surface area (Å²) < 4.78 is 11.0. The minimum absolute atomic E-state index is 0.164. The second kappa shape index (κ2) is 8.89. The molecule has 0 aliphatic rings. The Kier molecular flexibility index (Phi) is 7.51. The summed E-state index contributed by atoms with van der Waals surface area (Å²) in [6.07, 6.45) is -0.716. The van der Waals surface area contributed by atoms with Crippen LogP contribution in [0.15, 0.2) is 24.3 Å². The summed E-state index contributed by atoms with van der Waals surface area (Å²) in [5, 5.41) is 12.1. The molecule has 0 aliphatic heterocycles. The Morgan fingerprint density at radius 1 is 1.29 bits per heavy atom. The van der Waals surface area contributed by atoms with E-state index in [1.807, 2.05) is 20.8 Å². The van der Waals surface area contributed by atoms with Gasteiger partial charge in [0.1, 0.15) is 11.8 Å². The number of carboxylic acid groups (broad SMARTS) is 1. The minimum atomic E-state index is -1.12. The molecule has 0 fully saturated rings. The number of carboxylic acids is 1. The fourth-order valence-electron chi connectivity index (χ4n) is 1.81. The van der Waals surface area contributed by atoms with Crippen molar-refractivity contribution in [2.24, 2.45) is 0 Å². The summed E-state index contributed by atoms with van der Waals surface area (Å²) in [5.41, 5.74) is -0.368. The van der Waals surface area contributed by atoms with Crippen molar-refractivity contribution in [3.05, 3.63) is 29.3 Å². The second-order valence-corrected chi connectivity index (χ2v) is 6.75. The Hall–Kier alpha value is -1.79. The van der Waals surface area contributed by atoms with E-state index in [1.54, 1.807) is 24.3 Å². The van der Waals surface area contributed by atoms with Crippen LogP contribution in [0.5, 0.6) is 5.75 Å². The van der Waals surface area contributed by atoms with Gasteiger partial charge < -0.3 is 19.9 Å². The summed E-state index contributed by atoms with van der Waals surface area (Å²) in [7, 11) is 0. The highest BCUT2D eigenvalue weighted by Gasteiger charge is 2.25. The summed E-state index contributed by atoms with van der Waals surface area (Å²) in [6.45, 7) is 7.38. The van der Waals surface area contributed by atoms with Crippen LogP contribution in [0.4, 0.5) is 0 Å². The molecule has 2 atom stereocenters. The van der Waals surface area contributed by atoms with Crippen LogP contribution < -0.4 is 10.1 Å². The maximum atomic E-state index is 12.2. The third-order valence-electron chi connectivity index (χ3n) is 3.07. The number of aliphatic carboxylic acids is 1. The summed E-state index contributed by atoms with van der Waals surface area (Å²) >= 11 is 5.97. The first kappa shape index (κ1) is 20.3. The molecular weight excluding hydrogens is 334 g/mol. The predicted octanol–water partition coefficient (Wildman–Crippen LogP) is 2.88. The van der Waals surface area contributed by atoms with E-state index in [2.05, 4.69) is 5.32 Å². The number of benzene rings is 1. The molecule has 0 aliphatic carbocycles. The molecule has 6 nitrogen and oxygen atoms in total. The number of hydrogen-bond donors (Lipinski definition) is 2. The van der Waals surface area contributed by atoms with E-state index in [0.29, 0.717) is 10.8 Å². The van der Waals surface area contributed by atoms with Crippen LogP contribution >= 0.6 is 11.6 Å². The molecule has 0 radical (unpaired) electrons. The smallest absolute Gasteiger partial charge is 0.326 e. The van der Waals surface area contributed by atoms with Crippen molar-refractivity contribution in [3.8, 4) is 5.75 Å². The normalized spacial score (nSPS) is 13.9. The van der Waals surface area contributed by atoms with Gasteiger partial charge in [-0.2, -0.15) is 0 Å². The number of amides is 1. The first-order valence-electron chi connectivity index (χ1n) is 7.68. The molecule has 1 rings (SSSR count). The highest BCUT2D eigenvalue weighted by Crippen LogP contribution is 2.24. The van der Waals surface area contributed by atoms with Gasteiger partial charge in [-0.15, -0.1) is 0 Å². The largest absolute Gasteiger partial charge is 0.480 e. The lowest BCUT2D eigenvalue weighted by atomic mass is 10.1. The molecule has 0 heterocycles. The Morgan fingerprint density at radius 3 is 2.46 bits per heavy atom. The zero-order valence-electron chi connectivity index (χ0n) is 14.3. The molecule has 0 bridgehead atoms. The zero-order chi connectivity index (χ0) is 18.3. The molecule has 0 saturated carbocycles. The average Bonchev–Trinajstić information content (AvgIpc) is 2.47. The number of hydrogen-bond acceptors (Lipinski definition) is 4. The van der Waals surface area contributed by atoms with E-state index in [-0.39, 0.29) is 18.6 Å². The molecule has 2 unspecified atom stereocenters. The quantitative estimate of drug-likeness (QED) is 0.747. The van der Waals surface area contributed by atoms with E-state index >= 15 is 0 Å². The third-order valence-corrected chi connectivity index (χ3v) is 3.38. The van der Waals surface area contributed by atoms with E-state index in [1.165, 1.54) is 6.92 Å². The maximum absolute atomic E-state index is 12.2. The number of ether oxygens (including phenoxy) is 2. The first-order chi connectivity index (χ1) is 11.1. The van der Waals surface area contributed by atoms with Gasteiger partial charge in [-0.3, -0.25) is 4.79 Å². The van der Waals surface area contributed by atoms with Crippen LogP contribution in [0, 0.1) is 0 Å². The minimum Gasteiger partial charge on any atom is -0.480 e. The van der Waals surface area contributed by atoms with Crippen molar-refractivity contribution < 1.29 is 24.2 Å². The molecule has 1 aromatic rings. The maximum Gasteiger partial charge on any atom is 0.326 e. The second-order valence-electron chi connectivity index (χ2n) is 6.34. The summed E-state index contributed by atoms with van der Waals surface area (Å²) in [5.74, 6) is -1.28. The lowest BCUT2D eigenvalue weighted by molar-refractivity contribution is -0.143. The van der Waals surface area contributed by atoms with Crippen molar-refractivity contribution >= 4 is 23.5 Å². The van der Waals surface area contributed by atoms with Gasteiger partial charge >= 0.3 is 5.97 Å². The van der Waals surface area contributed by atoms with Gasteiger partial charge in [0.2, 0.25) is 0 Å². The van der Waals surface area contributed by atoms with Crippen molar-refractivity contribution in [3.63, 3.8) is 0 Å². The standard InChI is InChI=1S/C17H24ClNO5/c1-11(24-14-8-6-5-7-12(14)18)15(20)19-13(16(21)22)9-10-23-17(2,3)4/h5-8,11,13H,9-10H2,1-4H3,(H,19,20)(H,21,22). The van der Waals surface area contributed by atoms with Gasteiger partial charge in [0.05, 0.1) is 10.6 Å². The summed E-state index contributed by atoms with van der Waals surface area (Å²) in [6, 6.07) is 5.71. The van der Waals surface area contributed by atoms with E-state index < -0.39 is 24.0 Å². The number of carbonyl (C=O) groups excluding carboxylic acids is 1. The Bertz CT molecular complexity index is 570. The van der Waals surface area contributed by atoms with Gasteiger partial charge in [-0.1, -0.05) is 23.7 Å². The van der Waals surface area contributed by atoms with Crippen molar-refractivity contribution in [1.29, 1.82) is 0 Å². The van der Waals surface area contributed by atoms with Gasteiger partial charge in [0.25, 0.3) is 5.91 Å². The zero-order valence-corrected chi connectivity index (χ0v) is 15.1. The SMILES string of the molecule is CC(Oc1ccccc1Cl)C(=O)NC(CCOC(C)(C)C)C(=O)O. The van der Waals surface area contributed by atoms with Gasteiger partial charge in [-0.05, 0) is 39.8 Å². The van der Waals surface area contributed by atoms with E-state index in [0.717, 1.165) is 0 Å². The molecule has 1 amide bonds. The number of carbonyl (C=O) groups is 2. The lowest BCUT2D eigenvalue weighted by Gasteiger charge is -2.22. The highest BCUT2D eigenvalue weighted by molar-refractivity contribution is 6.32. The number of halogens is 1. The third kappa shape index (κ3) is 7.19. The van der Waals surface area contributed by atoms with Crippen molar-refractivity contribution in [2.45, 2.75) is 51.9 Å². The fourth-order valence-corrected chi connectivity index (χ4v) is 1.99. The first-order valence-corrected chi connectivity index (χ1v) is 8.06. The molecule has 0 aromatic heterocycles. The molecule has 7 heteroatoms. The predicted molar refractivity (Wildman–Crippen MR) is 91.4 cm³/mol. The molecule has 134 valence electrons. The van der Waals surface area contributed by atoms with Crippen LogP contribution in [0.2, 0.25) is 5.02 Å². The Labute approximate surface area is 147 Å². The molecule has 0 saturated heterocycles. The highest BCUT2D eigenvalue weighted by atomic mass is 35.5. The lowest BCUT2D eigenvalue weighted by Crippen LogP contribution is -2.47. The van der Waals surface area contributed by atoms with Crippen LogP contribution in [-0.2, 0) is 14.3 Å². The van der Waals surface area contributed by atoms with Crippen LogP contribution in [0.25, 0.3) is 0 Å². The van der Waals surface area contributed by atoms with Gasteiger partial charge in [-0.25, -0.2) is 4.79 Å². The Morgan fingerprint density at radius 2 is 1.92 bits per heavy atom. The molecular formula is C17H24ClNO5. The summed E-state index contributed by atoms with van der Waals surface area (Å²) in [4.78, 5) is 23.4. The molecule has 0 spiro atoms. The number of rotatable bonds is 8. The van der Waals surface area contributed by atoms with Crippen molar-refractivity contribution in [2.75, 3.05) is 6.61 Å². The number of nitrogens with one attached hydrogen (secondary N) is 1. The molecule has 2 N–H and O–H groups in total. The van der Waals surface area contributed by atoms with Gasteiger partial charge in [0.15, 0.2) is 6.10 Å². The fraction of sp³-hybridized carbons (Fsp3) is 0.529. The molecule has 1 aromatic carbocycles. The van der Waals surface area contributed by atoms with E-state index in [4.69, 9.17) is 21.1 Å². The van der Waals surface area contributed by atoms with Crippen LogP contribution in [0.1, 0.15) is 34.1 Å². The topological polar surface area (TPSA) is 84.9 Å². The monoisotopic (exact) mass is 357 g/mol. The molecule has 24 heavy (non-hydrogen) atoms. The van der Waals surface area contributed by atoms with E-state index in [9.17, 15) is 14.7 Å².